The minimum absolute atomic E-state index is 0.0548. The molecule has 2 N–H and O–H groups in total. The van der Waals surface area contributed by atoms with Crippen molar-refractivity contribution in [3.8, 4) is 5.75 Å². The molecule has 12 heavy (non-hydrogen) atoms. The molecular weight excluding hydrogens is 234 g/mol. The van der Waals surface area contributed by atoms with Crippen LogP contribution in [0.25, 0.3) is 0 Å². The number of hydrogen-bond donors (Lipinski definition) is 2. The highest BCUT2D eigenvalue weighted by Gasteiger charge is 2.14. The number of aromatic hydroxyl groups is 1. The lowest BCUT2D eigenvalue weighted by Gasteiger charge is -2.04. The standard InChI is InChI=1S/C7H5BrF2O2/c8-5-6(10)4(9)1-3(2-11)7(5)12/h1,11-12H,2H2. The van der Waals surface area contributed by atoms with E-state index in [-0.39, 0.29) is 10.0 Å². The van der Waals surface area contributed by atoms with Crippen LogP contribution in [0, 0.1) is 11.6 Å². The first-order valence-electron chi connectivity index (χ1n) is 3.04. The fourth-order valence-electron chi connectivity index (χ4n) is 0.755. The number of phenols is 1. The molecule has 0 fully saturated rings. The lowest BCUT2D eigenvalue weighted by molar-refractivity contribution is 0.273. The molecule has 1 aromatic rings. The molecule has 0 atom stereocenters. The van der Waals surface area contributed by atoms with Crippen molar-refractivity contribution in [2.24, 2.45) is 0 Å². The third-order valence-electron chi connectivity index (χ3n) is 1.39. The van der Waals surface area contributed by atoms with Crippen LogP contribution in [0.15, 0.2) is 10.5 Å². The van der Waals surface area contributed by atoms with Gasteiger partial charge in [0.05, 0.1) is 11.1 Å². The van der Waals surface area contributed by atoms with Crippen molar-refractivity contribution in [3.63, 3.8) is 0 Å². The maximum Gasteiger partial charge on any atom is 0.176 e. The quantitative estimate of drug-likeness (QED) is 0.735. The second-order valence-electron chi connectivity index (χ2n) is 2.15. The minimum atomic E-state index is -1.16. The van der Waals surface area contributed by atoms with Crippen molar-refractivity contribution in [1.29, 1.82) is 0 Å². The van der Waals surface area contributed by atoms with Gasteiger partial charge in [-0.3, -0.25) is 0 Å². The molecule has 1 rings (SSSR count). The Labute approximate surface area is 75.6 Å². The van der Waals surface area contributed by atoms with E-state index in [1.54, 1.807) is 0 Å². The summed E-state index contributed by atoms with van der Waals surface area (Å²) in [6, 6.07) is 0.745. The summed E-state index contributed by atoms with van der Waals surface area (Å²) in [6.07, 6.45) is 0. The average molecular weight is 239 g/mol. The number of halogens is 3. The molecule has 0 heterocycles. The second kappa shape index (κ2) is 3.37. The van der Waals surface area contributed by atoms with Gasteiger partial charge in [0.25, 0.3) is 0 Å². The molecule has 0 bridgehead atoms. The molecule has 66 valence electrons. The first-order valence-corrected chi connectivity index (χ1v) is 3.83. The number of hydrogen-bond acceptors (Lipinski definition) is 2. The van der Waals surface area contributed by atoms with Crippen molar-refractivity contribution in [2.45, 2.75) is 6.61 Å². The Hall–Kier alpha value is -0.680. The zero-order chi connectivity index (χ0) is 9.30. The van der Waals surface area contributed by atoms with Crippen molar-refractivity contribution in [3.05, 3.63) is 27.7 Å². The molecule has 0 aromatic heterocycles. The van der Waals surface area contributed by atoms with E-state index in [0.717, 1.165) is 6.07 Å². The molecule has 5 heteroatoms. The molecule has 0 unspecified atom stereocenters. The maximum atomic E-state index is 12.6. The second-order valence-corrected chi connectivity index (χ2v) is 2.95. The first kappa shape index (κ1) is 9.41. The van der Waals surface area contributed by atoms with Gasteiger partial charge in [-0.25, -0.2) is 8.78 Å². The maximum absolute atomic E-state index is 12.6. The highest BCUT2D eigenvalue weighted by molar-refractivity contribution is 9.10. The van der Waals surface area contributed by atoms with Gasteiger partial charge in [0.2, 0.25) is 0 Å². The van der Waals surface area contributed by atoms with Crippen LogP contribution in [-0.2, 0) is 6.61 Å². The van der Waals surface area contributed by atoms with E-state index in [1.165, 1.54) is 0 Å². The van der Waals surface area contributed by atoms with Crippen molar-refractivity contribution < 1.29 is 19.0 Å². The van der Waals surface area contributed by atoms with E-state index in [4.69, 9.17) is 10.2 Å². The summed E-state index contributed by atoms with van der Waals surface area (Å²) in [5.41, 5.74) is -0.0548. The number of aliphatic hydroxyl groups excluding tert-OH is 1. The van der Waals surface area contributed by atoms with E-state index in [1.807, 2.05) is 0 Å². The molecule has 0 aliphatic rings. The summed E-state index contributed by atoms with van der Waals surface area (Å²) in [5, 5.41) is 17.7. The Morgan fingerprint density at radius 3 is 2.50 bits per heavy atom. The van der Waals surface area contributed by atoms with Crippen molar-refractivity contribution in [2.75, 3.05) is 0 Å². The van der Waals surface area contributed by atoms with Crippen LogP contribution in [0.3, 0.4) is 0 Å². The summed E-state index contributed by atoms with van der Waals surface area (Å²) in [6.45, 7) is -0.540. The number of rotatable bonds is 1. The van der Waals surface area contributed by atoms with Crippen LogP contribution in [0.4, 0.5) is 8.78 Å². The summed E-state index contributed by atoms with van der Waals surface area (Å²) in [4.78, 5) is 0. The predicted molar refractivity (Wildman–Crippen MR) is 41.6 cm³/mol. The molecule has 0 amide bonds. The highest BCUT2D eigenvalue weighted by atomic mass is 79.9. The summed E-state index contributed by atoms with van der Waals surface area (Å²) >= 11 is 2.65. The fraction of sp³-hybridized carbons (Fsp3) is 0.143. The first-order chi connectivity index (χ1) is 5.57. The van der Waals surface area contributed by atoms with Gasteiger partial charge in [0.15, 0.2) is 11.6 Å². The Morgan fingerprint density at radius 2 is 2.00 bits per heavy atom. The van der Waals surface area contributed by atoms with E-state index >= 15 is 0 Å². The van der Waals surface area contributed by atoms with Crippen LogP contribution in [0.2, 0.25) is 0 Å². The monoisotopic (exact) mass is 238 g/mol. The molecule has 0 aliphatic heterocycles. The van der Waals surface area contributed by atoms with Gasteiger partial charge in [-0.1, -0.05) is 0 Å². The normalized spacial score (nSPS) is 10.3. The van der Waals surface area contributed by atoms with Gasteiger partial charge < -0.3 is 10.2 Å². The Bertz CT molecular complexity index is 315. The van der Waals surface area contributed by atoms with Gasteiger partial charge in [0.1, 0.15) is 5.75 Å². The van der Waals surface area contributed by atoms with Crippen LogP contribution in [0.5, 0.6) is 5.75 Å². The van der Waals surface area contributed by atoms with Gasteiger partial charge in [-0.2, -0.15) is 0 Å². The zero-order valence-electron chi connectivity index (χ0n) is 5.81. The van der Waals surface area contributed by atoms with Crippen molar-refractivity contribution in [1.82, 2.24) is 0 Å². The molecule has 0 spiro atoms. The molecule has 2 nitrogen and oxygen atoms in total. The smallest absolute Gasteiger partial charge is 0.176 e. The zero-order valence-corrected chi connectivity index (χ0v) is 7.40. The fourth-order valence-corrected chi connectivity index (χ4v) is 1.20. The van der Waals surface area contributed by atoms with Crippen LogP contribution < -0.4 is 0 Å². The van der Waals surface area contributed by atoms with E-state index in [2.05, 4.69) is 15.9 Å². The Morgan fingerprint density at radius 1 is 1.42 bits per heavy atom. The lowest BCUT2D eigenvalue weighted by atomic mass is 10.2. The van der Waals surface area contributed by atoms with Gasteiger partial charge >= 0.3 is 0 Å². The lowest BCUT2D eigenvalue weighted by Crippen LogP contribution is -1.92. The SMILES string of the molecule is OCc1cc(F)c(F)c(Br)c1O. The van der Waals surface area contributed by atoms with E-state index < -0.39 is 24.0 Å². The third-order valence-corrected chi connectivity index (χ3v) is 2.11. The average Bonchev–Trinajstić information content (AvgIpc) is 2.08. The molecule has 0 saturated carbocycles. The largest absolute Gasteiger partial charge is 0.506 e. The number of aliphatic hydroxyl groups is 1. The van der Waals surface area contributed by atoms with Crippen LogP contribution in [-0.4, -0.2) is 10.2 Å². The van der Waals surface area contributed by atoms with E-state index in [9.17, 15) is 8.78 Å². The third kappa shape index (κ3) is 1.42. The molecular formula is C7H5BrF2O2. The minimum Gasteiger partial charge on any atom is -0.506 e. The molecule has 1 aromatic carbocycles. The molecule has 0 aliphatic carbocycles. The topological polar surface area (TPSA) is 40.5 Å². The van der Waals surface area contributed by atoms with Crippen LogP contribution in [0.1, 0.15) is 5.56 Å². The summed E-state index contributed by atoms with van der Waals surface area (Å²) in [7, 11) is 0. The predicted octanol–water partition coefficient (Wildman–Crippen LogP) is 1.93. The molecule has 0 saturated heterocycles. The number of benzene rings is 1. The van der Waals surface area contributed by atoms with Gasteiger partial charge in [-0.15, -0.1) is 0 Å². The van der Waals surface area contributed by atoms with Gasteiger partial charge in [-0.05, 0) is 22.0 Å². The van der Waals surface area contributed by atoms with Crippen LogP contribution >= 0.6 is 15.9 Å². The summed E-state index contributed by atoms with van der Waals surface area (Å²) in [5.74, 6) is -2.75. The van der Waals surface area contributed by atoms with Crippen molar-refractivity contribution >= 4 is 15.9 Å². The van der Waals surface area contributed by atoms with Gasteiger partial charge in [0, 0.05) is 5.56 Å². The highest BCUT2D eigenvalue weighted by Crippen LogP contribution is 2.32. The Kier molecular flexibility index (Phi) is 2.64. The van der Waals surface area contributed by atoms with E-state index in [0.29, 0.717) is 0 Å². The summed E-state index contributed by atoms with van der Waals surface area (Å²) < 4.78 is 24.9. The Balaban J connectivity index is 3.39. The molecule has 0 radical (unpaired) electrons.